The fourth-order valence-corrected chi connectivity index (χ4v) is 6.86. The molecule has 2 amide bonds. The van der Waals surface area contributed by atoms with Gasteiger partial charge < -0.3 is 25.4 Å². The molecule has 2 heterocycles. The first-order valence-electron chi connectivity index (χ1n) is 16.3. The number of methoxy groups -OCH3 is 1. The van der Waals surface area contributed by atoms with E-state index in [0.29, 0.717) is 48.5 Å². The number of aromatic nitrogens is 1. The van der Waals surface area contributed by atoms with Crippen LogP contribution in [0.15, 0.2) is 66.0 Å². The number of likely N-dealkylation sites (tertiary alicyclic amines) is 1. The number of nitrogens with zero attached hydrogens (tertiary/aromatic N) is 2. The maximum Gasteiger partial charge on any atom is 0.254 e. The van der Waals surface area contributed by atoms with Crippen molar-refractivity contribution in [2.24, 2.45) is 0 Å². The van der Waals surface area contributed by atoms with Crippen molar-refractivity contribution in [1.29, 1.82) is 0 Å². The molecule has 5 rings (SSSR count). The van der Waals surface area contributed by atoms with Crippen molar-refractivity contribution >= 4 is 28.8 Å². The van der Waals surface area contributed by atoms with Gasteiger partial charge in [-0.2, -0.15) is 0 Å². The molecule has 3 aromatic carbocycles. The van der Waals surface area contributed by atoms with Crippen LogP contribution in [0, 0.1) is 6.92 Å². The zero-order chi connectivity index (χ0) is 33.7. The van der Waals surface area contributed by atoms with Gasteiger partial charge in [0.05, 0.1) is 18.8 Å². The number of benzene rings is 3. The van der Waals surface area contributed by atoms with Crippen molar-refractivity contribution < 1.29 is 19.4 Å². The van der Waals surface area contributed by atoms with E-state index in [1.165, 1.54) is 12.7 Å². The summed E-state index contributed by atoms with van der Waals surface area (Å²) in [5.41, 5.74) is 5.93. The molecular weight excluding hydrogens is 609 g/mol. The highest BCUT2D eigenvalue weighted by molar-refractivity contribution is 7.09. The molecule has 248 valence electrons. The number of nitrogens with one attached hydrogen (secondary N) is 2. The number of aromatic hydroxyl groups is 1. The molecule has 0 radical (unpaired) electrons. The second-order valence-electron chi connectivity index (χ2n) is 13.5. The summed E-state index contributed by atoms with van der Waals surface area (Å²) in [6.07, 6.45) is 3.14. The molecule has 1 aromatic heterocycles. The van der Waals surface area contributed by atoms with Crippen molar-refractivity contribution in [2.75, 3.05) is 19.0 Å². The summed E-state index contributed by atoms with van der Waals surface area (Å²) in [5, 5.41) is 20.1. The number of aryl methyl sites for hydroxylation is 2. The number of phenols is 1. The molecule has 1 fully saturated rings. The normalized spacial score (nSPS) is 15.4. The van der Waals surface area contributed by atoms with Crippen LogP contribution in [0.5, 0.6) is 11.5 Å². The smallest absolute Gasteiger partial charge is 0.254 e. The Morgan fingerprint density at radius 2 is 1.87 bits per heavy atom. The fraction of sp³-hybridized carbons (Fsp3) is 0.395. The van der Waals surface area contributed by atoms with E-state index in [1.54, 1.807) is 35.6 Å². The quantitative estimate of drug-likeness (QED) is 0.143. The van der Waals surface area contributed by atoms with Gasteiger partial charge in [-0.05, 0) is 92.0 Å². The van der Waals surface area contributed by atoms with Gasteiger partial charge in [-0.25, -0.2) is 4.98 Å². The molecule has 3 N–H and O–H groups in total. The molecule has 0 unspecified atom stereocenters. The fourth-order valence-electron chi connectivity index (χ4n) is 5.92. The molecule has 0 bridgehead atoms. The zero-order valence-electron chi connectivity index (χ0n) is 28.2. The second-order valence-corrected chi connectivity index (χ2v) is 14.4. The van der Waals surface area contributed by atoms with Crippen molar-refractivity contribution in [3.05, 3.63) is 105 Å². The average Bonchev–Trinajstić information content (AvgIpc) is 3.71. The van der Waals surface area contributed by atoms with E-state index in [0.717, 1.165) is 34.7 Å². The van der Waals surface area contributed by atoms with E-state index >= 15 is 0 Å². The number of ether oxygens (including phenoxy) is 1. The summed E-state index contributed by atoms with van der Waals surface area (Å²) in [6, 6.07) is 19.0. The Labute approximate surface area is 282 Å². The summed E-state index contributed by atoms with van der Waals surface area (Å²) in [5.74, 6) is 0.264. The average molecular weight is 655 g/mol. The van der Waals surface area contributed by atoms with Crippen LogP contribution in [0.25, 0.3) is 0 Å². The summed E-state index contributed by atoms with van der Waals surface area (Å²) in [4.78, 5) is 33.5. The first-order valence-corrected chi connectivity index (χ1v) is 17.2. The maximum absolute atomic E-state index is 13.7. The van der Waals surface area contributed by atoms with E-state index in [4.69, 9.17) is 4.74 Å². The van der Waals surface area contributed by atoms with Crippen LogP contribution in [0.1, 0.15) is 101 Å². The number of phenolic OH excluding ortho intramolecular Hbond substituents is 1. The summed E-state index contributed by atoms with van der Waals surface area (Å²) >= 11 is 1.58. The number of carbonyl (C=O) groups is 2. The molecule has 0 aliphatic carbocycles. The molecule has 0 spiro atoms. The Balaban J connectivity index is 1.17. The number of anilines is 1. The SMILES string of the molecule is COc1cc(C(=O)N[C@@H](C)CCc2ccc(NCc3cccc(C(C)(C)C)c3)c(O)c2)cc(C(=O)N2CCC[C@@H]2c2nc(C)cs2)c1. The zero-order valence-corrected chi connectivity index (χ0v) is 29.0. The Morgan fingerprint density at radius 1 is 1.09 bits per heavy atom. The first-order chi connectivity index (χ1) is 22.4. The van der Waals surface area contributed by atoms with Crippen LogP contribution in [0.4, 0.5) is 5.69 Å². The van der Waals surface area contributed by atoms with Crippen LogP contribution in [-0.4, -0.2) is 46.5 Å². The molecule has 9 heteroatoms. The topological polar surface area (TPSA) is 104 Å². The predicted molar refractivity (Wildman–Crippen MR) is 189 cm³/mol. The van der Waals surface area contributed by atoms with Gasteiger partial charge in [0.2, 0.25) is 0 Å². The molecule has 1 saturated heterocycles. The minimum atomic E-state index is -0.267. The van der Waals surface area contributed by atoms with Crippen molar-refractivity contribution in [3.63, 3.8) is 0 Å². The first kappa shape index (κ1) is 34.0. The van der Waals surface area contributed by atoms with Gasteiger partial charge in [0.15, 0.2) is 0 Å². The van der Waals surface area contributed by atoms with Crippen LogP contribution in [0.2, 0.25) is 0 Å². The molecular formula is C38H46N4O4S. The van der Waals surface area contributed by atoms with Gasteiger partial charge in [0, 0.05) is 41.3 Å². The van der Waals surface area contributed by atoms with Gasteiger partial charge in [-0.15, -0.1) is 11.3 Å². The monoisotopic (exact) mass is 654 g/mol. The van der Waals surface area contributed by atoms with E-state index in [1.807, 2.05) is 36.3 Å². The maximum atomic E-state index is 13.7. The predicted octanol–water partition coefficient (Wildman–Crippen LogP) is 7.80. The summed E-state index contributed by atoms with van der Waals surface area (Å²) in [6.45, 7) is 11.8. The van der Waals surface area contributed by atoms with Gasteiger partial charge in [0.1, 0.15) is 16.5 Å². The largest absolute Gasteiger partial charge is 0.506 e. The van der Waals surface area contributed by atoms with E-state index < -0.39 is 0 Å². The number of thiazole rings is 1. The highest BCUT2D eigenvalue weighted by Crippen LogP contribution is 2.35. The molecule has 1 aliphatic heterocycles. The van der Waals surface area contributed by atoms with Gasteiger partial charge in [0.25, 0.3) is 11.8 Å². The van der Waals surface area contributed by atoms with Gasteiger partial charge in [-0.1, -0.05) is 51.1 Å². The highest BCUT2D eigenvalue weighted by Gasteiger charge is 2.33. The minimum Gasteiger partial charge on any atom is -0.506 e. The van der Waals surface area contributed by atoms with Crippen LogP contribution < -0.4 is 15.4 Å². The summed E-state index contributed by atoms with van der Waals surface area (Å²) < 4.78 is 5.48. The number of rotatable bonds is 11. The number of amides is 2. The second kappa shape index (κ2) is 14.6. The molecule has 0 saturated carbocycles. The Kier molecular flexibility index (Phi) is 10.5. The third-order valence-electron chi connectivity index (χ3n) is 8.67. The van der Waals surface area contributed by atoms with Crippen LogP contribution in [-0.2, 0) is 18.4 Å². The lowest BCUT2D eigenvalue weighted by atomic mass is 9.86. The number of hydrogen-bond donors (Lipinski definition) is 3. The van der Waals surface area contributed by atoms with E-state index in [2.05, 4.69) is 60.7 Å². The Hall–Kier alpha value is -4.37. The summed E-state index contributed by atoms with van der Waals surface area (Å²) in [7, 11) is 1.53. The van der Waals surface area contributed by atoms with Crippen LogP contribution >= 0.6 is 11.3 Å². The third kappa shape index (κ3) is 8.51. The third-order valence-corrected chi connectivity index (χ3v) is 9.73. The Bertz CT molecular complexity index is 1730. The number of hydrogen-bond acceptors (Lipinski definition) is 7. The van der Waals surface area contributed by atoms with Crippen molar-refractivity contribution in [3.8, 4) is 11.5 Å². The standard InChI is InChI=1S/C38H46N4O4S/c1-24(12-13-26-14-15-32(34(43)18-26)39-22-27-9-7-10-30(17-27)38(3,4)5)40-35(44)28-19-29(21-31(20-28)46-6)37(45)42-16-8-11-33(42)36-41-25(2)23-47-36/h7,9-10,14-15,17-21,23-24,33,39,43H,8,11-13,16,22H2,1-6H3,(H,40,44)/t24-,33+/m0/s1. The molecule has 2 atom stereocenters. The minimum absolute atomic E-state index is 0.0560. The molecule has 4 aromatic rings. The van der Waals surface area contributed by atoms with Gasteiger partial charge >= 0.3 is 0 Å². The van der Waals surface area contributed by atoms with Crippen molar-refractivity contribution in [2.45, 2.75) is 84.3 Å². The van der Waals surface area contributed by atoms with E-state index in [-0.39, 0.29) is 35.1 Å². The highest BCUT2D eigenvalue weighted by atomic mass is 32.1. The van der Waals surface area contributed by atoms with Crippen molar-refractivity contribution in [1.82, 2.24) is 15.2 Å². The van der Waals surface area contributed by atoms with Crippen LogP contribution in [0.3, 0.4) is 0 Å². The van der Waals surface area contributed by atoms with E-state index in [9.17, 15) is 14.7 Å². The molecule has 1 aliphatic rings. The molecule has 47 heavy (non-hydrogen) atoms. The number of carbonyl (C=O) groups excluding carboxylic acids is 2. The van der Waals surface area contributed by atoms with Gasteiger partial charge in [-0.3, -0.25) is 9.59 Å². The Morgan fingerprint density at radius 3 is 2.57 bits per heavy atom. The molecule has 8 nitrogen and oxygen atoms in total. The lowest BCUT2D eigenvalue weighted by Gasteiger charge is -2.24. The lowest BCUT2D eigenvalue weighted by molar-refractivity contribution is 0.0735. The lowest BCUT2D eigenvalue weighted by Crippen LogP contribution is -2.33.